The largest absolute Gasteiger partial charge is 0.416 e. The van der Waals surface area contributed by atoms with Gasteiger partial charge in [0.25, 0.3) is 5.91 Å². The molecule has 2 aromatic carbocycles. The van der Waals surface area contributed by atoms with E-state index in [1.54, 1.807) is 24.3 Å². The highest BCUT2D eigenvalue weighted by Gasteiger charge is 2.47. The quantitative estimate of drug-likeness (QED) is 0.923. The summed E-state index contributed by atoms with van der Waals surface area (Å²) in [6, 6.07) is 11.5. The van der Waals surface area contributed by atoms with Gasteiger partial charge in [-0.25, -0.2) is 0 Å². The average Bonchev–Trinajstić information content (AvgIpc) is 2.70. The van der Waals surface area contributed by atoms with Crippen LogP contribution in [0.4, 0.5) is 13.2 Å². The third-order valence-corrected chi connectivity index (χ3v) is 4.21. The molecule has 1 aliphatic heterocycles. The van der Waals surface area contributed by atoms with E-state index in [0.29, 0.717) is 11.1 Å². The van der Waals surface area contributed by atoms with Crippen molar-refractivity contribution >= 4 is 5.91 Å². The number of alkyl halides is 3. The third kappa shape index (κ3) is 2.39. The van der Waals surface area contributed by atoms with E-state index in [4.69, 9.17) is 0 Å². The van der Waals surface area contributed by atoms with Crippen LogP contribution in [0.2, 0.25) is 0 Å². The van der Waals surface area contributed by atoms with Crippen molar-refractivity contribution < 1.29 is 23.1 Å². The SMILES string of the molecule is CN1C(=O)c2ccccc2C1(O)Cc1ccccc1C(F)(F)F. The Labute approximate surface area is 131 Å². The number of nitrogens with zero attached hydrogens (tertiary/aromatic N) is 1. The molecule has 1 aliphatic rings. The number of carbonyl (C=O) groups excluding carboxylic acids is 1. The van der Waals surface area contributed by atoms with Crippen molar-refractivity contribution in [3.05, 3.63) is 70.8 Å². The van der Waals surface area contributed by atoms with Gasteiger partial charge in [0, 0.05) is 24.6 Å². The minimum atomic E-state index is -4.52. The van der Waals surface area contributed by atoms with E-state index < -0.39 is 23.4 Å². The molecule has 6 heteroatoms. The van der Waals surface area contributed by atoms with Crippen molar-refractivity contribution in [3.63, 3.8) is 0 Å². The van der Waals surface area contributed by atoms with Gasteiger partial charge in [0.15, 0.2) is 5.72 Å². The molecular formula is C17H14F3NO2. The molecule has 1 unspecified atom stereocenters. The maximum absolute atomic E-state index is 13.2. The molecule has 0 saturated heterocycles. The molecule has 1 N–H and O–H groups in total. The van der Waals surface area contributed by atoms with Crippen LogP contribution in [0.1, 0.15) is 27.0 Å². The summed E-state index contributed by atoms with van der Waals surface area (Å²) in [5, 5.41) is 11.0. The van der Waals surface area contributed by atoms with Crippen LogP contribution in [0.5, 0.6) is 0 Å². The summed E-state index contributed by atoms with van der Waals surface area (Å²) in [5.41, 5.74) is -2.03. The van der Waals surface area contributed by atoms with E-state index in [0.717, 1.165) is 11.0 Å². The highest BCUT2D eigenvalue weighted by Crippen LogP contribution is 2.41. The molecular weight excluding hydrogens is 307 g/mol. The van der Waals surface area contributed by atoms with Crippen LogP contribution in [0.3, 0.4) is 0 Å². The van der Waals surface area contributed by atoms with Gasteiger partial charge in [-0.2, -0.15) is 13.2 Å². The summed E-state index contributed by atoms with van der Waals surface area (Å²) < 4.78 is 39.5. The first-order valence-electron chi connectivity index (χ1n) is 7.00. The number of benzene rings is 2. The van der Waals surface area contributed by atoms with Crippen LogP contribution in [0.25, 0.3) is 0 Å². The minimum Gasteiger partial charge on any atom is -0.366 e. The highest BCUT2D eigenvalue weighted by molar-refractivity contribution is 5.99. The van der Waals surface area contributed by atoms with Crippen molar-refractivity contribution in [2.45, 2.75) is 18.3 Å². The number of halogens is 3. The standard InChI is InChI=1S/C17H14F3NO2/c1-21-15(22)12-7-3-5-9-14(12)16(21,23)10-11-6-2-4-8-13(11)17(18,19)20/h2-9,23H,10H2,1H3. The molecule has 0 spiro atoms. The lowest BCUT2D eigenvalue weighted by molar-refractivity contribution is -0.139. The van der Waals surface area contributed by atoms with E-state index in [2.05, 4.69) is 0 Å². The summed E-state index contributed by atoms with van der Waals surface area (Å²) in [7, 11) is 1.39. The summed E-state index contributed by atoms with van der Waals surface area (Å²) >= 11 is 0. The molecule has 120 valence electrons. The van der Waals surface area contributed by atoms with Crippen molar-refractivity contribution in [3.8, 4) is 0 Å². The number of hydrogen-bond acceptors (Lipinski definition) is 2. The van der Waals surface area contributed by atoms with Crippen LogP contribution < -0.4 is 0 Å². The Balaban J connectivity index is 2.09. The molecule has 23 heavy (non-hydrogen) atoms. The van der Waals surface area contributed by atoms with E-state index in [1.165, 1.54) is 25.2 Å². The fraction of sp³-hybridized carbons (Fsp3) is 0.235. The van der Waals surface area contributed by atoms with Crippen molar-refractivity contribution in [2.24, 2.45) is 0 Å². The van der Waals surface area contributed by atoms with Gasteiger partial charge in [-0.15, -0.1) is 0 Å². The number of amides is 1. The summed E-state index contributed by atoms with van der Waals surface area (Å²) in [4.78, 5) is 13.3. The maximum Gasteiger partial charge on any atom is 0.416 e. The second-order valence-corrected chi connectivity index (χ2v) is 5.56. The first kappa shape index (κ1) is 15.6. The molecule has 3 rings (SSSR count). The maximum atomic E-state index is 13.2. The van der Waals surface area contributed by atoms with Crippen molar-refractivity contribution in [1.82, 2.24) is 4.90 Å². The molecule has 0 bridgehead atoms. The molecule has 2 aromatic rings. The molecule has 1 atom stereocenters. The molecule has 3 nitrogen and oxygen atoms in total. The highest BCUT2D eigenvalue weighted by atomic mass is 19.4. The fourth-order valence-corrected chi connectivity index (χ4v) is 2.98. The minimum absolute atomic E-state index is 0.0566. The number of hydrogen-bond donors (Lipinski definition) is 1. The Hall–Kier alpha value is -2.34. The van der Waals surface area contributed by atoms with Gasteiger partial charge in [-0.05, 0) is 17.7 Å². The summed E-state index contributed by atoms with van der Waals surface area (Å²) in [6.45, 7) is 0. The fourth-order valence-electron chi connectivity index (χ4n) is 2.98. The molecule has 0 aliphatic carbocycles. The summed E-state index contributed by atoms with van der Waals surface area (Å²) in [5.74, 6) is -0.410. The monoisotopic (exact) mass is 321 g/mol. The third-order valence-electron chi connectivity index (χ3n) is 4.21. The lowest BCUT2D eigenvalue weighted by Gasteiger charge is -2.32. The van der Waals surface area contributed by atoms with Gasteiger partial charge in [0.2, 0.25) is 0 Å². The molecule has 1 heterocycles. The second kappa shape index (κ2) is 5.09. The predicted octanol–water partition coefficient (Wildman–Crippen LogP) is 3.18. The summed E-state index contributed by atoms with van der Waals surface area (Å²) in [6.07, 6.45) is -4.85. The molecule has 0 radical (unpaired) electrons. The smallest absolute Gasteiger partial charge is 0.366 e. The van der Waals surface area contributed by atoms with E-state index in [1.807, 2.05) is 0 Å². The predicted molar refractivity (Wildman–Crippen MR) is 77.6 cm³/mol. The van der Waals surface area contributed by atoms with Crippen molar-refractivity contribution in [2.75, 3.05) is 7.05 Å². The van der Waals surface area contributed by atoms with Crippen molar-refractivity contribution in [1.29, 1.82) is 0 Å². The van der Waals surface area contributed by atoms with E-state index in [-0.39, 0.29) is 12.0 Å². The molecule has 1 amide bonds. The van der Waals surface area contributed by atoms with Crippen LogP contribution in [-0.2, 0) is 18.3 Å². The van der Waals surface area contributed by atoms with Crippen LogP contribution in [-0.4, -0.2) is 23.0 Å². The Bertz CT molecular complexity index is 772. The second-order valence-electron chi connectivity index (χ2n) is 5.56. The average molecular weight is 321 g/mol. The van der Waals surface area contributed by atoms with Crippen LogP contribution >= 0.6 is 0 Å². The van der Waals surface area contributed by atoms with Gasteiger partial charge in [0.1, 0.15) is 0 Å². The zero-order valence-electron chi connectivity index (χ0n) is 12.3. The first-order valence-corrected chi connectivity index (χ1v) is 7.00. The number of rotatable bonds is 2. The lowest BCUT2D eigenvalue weighted by Crippen LogP contribution is -2.43. The number of likely N-dealkylation sites (N-methyl/N-ethyl adjacent to an activating group) is 1. The molecule has 0 saturated carbocycles. The topological polar surface area (TPSA) is 40.5 Å². The van der Waals surface area contributed by atoms with Gasteiger partial charge in [0.05, 0.1) is 5.56 Å². The Kier molecular flexibility index (Phi) is 3.44. The zero-order chi connectivity index (χ0) is 16.8. The van der Waals surface area contributed by atoms with Crippen LogP contribution in [0.15, 0.2) is 48.5 Å². The lowest BCUT2D eigenvalue weighted by atomic mass is 9.92. The number of carbonyl (C=O) groups is 1. The normalized spacial score (nSPS) is 20.7. The Morgan fingerprint density at radius 3 is 2.39 bits per heavy atom. The molecule has 0 aromatic heterocycles. The zero-order valence-corrected chi connectivity index (χ0v) is 12.3. The van der Waals surface area contributed by atoms with Gasteiger partial charge in [-0.1, -0.05) is 36.4 Å². The van der Waals surface area contributed by atoms with Gasteiger partial charge >= 0.3 is 6.18 Å². The van der Waals surface area contributed by atoms with Gasteiger partial charge < -0.3 is 10.0 Å². The molecule has 0 fully saturated rings. The number of aliphatic hydroxyl groups is 1. The Morgan fingerprint density at radius 1 is 1.09 bits per heavy atom. The van der Waals surface area contributed by atoms with E-state index in [9.17, 15) is 23.1 Å². The van der Waals surface area contributed by atoms with Crippen LogP contribution in [0, 0.1) is 0 Å². The number of fused-ring (bicyclic) bond motifs is 1. The Morgan fingerprint density at radius 2 is 1.70 bits per heavy atom. The van der Waals surface area contributed by atoms with E-state index >= 15 is 0 Å². The first-order chi connectivity index (χ1) is 10.7. The van der Waals surface area contributed by atoms with Gasteiger partial charge in [-0.3, -0.25) is 4.79 Å².